The molecule has 0 saturated carbocycles. The zero-order chi connectivity index (χ0) is 18.5. The van der Waals surface area contributed by atoms with Crippen molar-refractivity contribution in [1.82, 2.24) is 25.5 Å². The van der Waals surface area contributed by atoms with Crippen LogP contribution in [0, 0.1) is 6.92 Å². The Morgan fingerprint density at radius 2 is 1.92 bits per heavy atom. The van der Waals surface area contributed by atoms with Crippen LogP contribution in [0.3, 0.4) is 0 Å². The fourth-order valence-electron chi connectivity index (χ4n) is 2.43. The highest BCUT2D eigenvalue weighted by Crippen LogP contribution is 2.18. The van der Waals surface area contributed by atoms with Crippen molar-refractivity contribution >= 4 is 17.6 Å². The lowest BCUT2D eigenvalue weighted by Crippen LogP contribution is -2.28. The SMILES string of the molecule is Cc1cc(NC(=O)c2ccc(CNC(N)=O)cc2)ccc1-n1cnnn1. The maximum atomic E-state index is 12.4. The molecular weight excluding hydrogens is 334 g/mol. The number of primary amides is 1. The Bertz CT molecular complexity index is 921. The van der Waals surface area contributed by atoms with E-state index in [4.69, 9.17) is 5.73 Å². The molecule has 0 radical (unpaired) electrons. The van der Waals surface area contributed by atoms with E-state index >= 15 is 0 Å². The number of nitrogens with two attached hydrogens (primary N) is 1. The summed E-state index contributed by atoms with van der Waals surface area (Å²) >= 11 is 0. The third kappa shape index (κ3) is 4.01. The summed E-state index contributed by atoms with van der Waals surface area (Å²) in [6.45, 7) is 2.22. The minimum absolute atomic E-state index is 0.228. The van der Waals surface area contributed by atoms with Gasteiger partial charge in [0.15, 0.2) is 0 Å². The predicted molar refractivity (Wildman–Crippen MR) is 94.7 cm³/mol. The van der Waals surface area contributed by atoms with Crippen LogP contribution in [-0.2, 0) is 6.54 Å². The molecule has 0 saturated heterocycles. The average Bonchev–Trinajstić information content (AvgIpc) is 3.15. The highest BCUT2D eigenvalue weighted by Gasteiger charge is 2.09. The molecule has 3 aromatic rings. The summed E-state index contributed by atoms with van der Waals surface area (Å²) in [6, 6.07) is 11.8. The van der Waals surface area contributed by atoms with Gasteiger partial charge in [-0.05, 0) is 58.8 Å². The van der Waals surface area contributed by atoms with Crippen molar-refractivity contribution in [2.24, 2.45) is 5.73 Å². The molecule has 26 heavy (non-hydrogen) atoms. The van der Waals surface area contributed by atoms with Gasteiger partial charge in [-0.15, -0.1) is 5.10 Å². The van der Waals surface area contributed by atoms with Crippen molar-refractivity contribution < 1.29 is 9.59 Å². The summed E-state index contributed by atoms with van der Waals surface area (Å²) in [5.74, 6) is -0.228. The van der Waals surface area contributed by atoms with Crippen LogP contribution in [0.25, 0.3) is 5.69 Å². The first-order valence-corrected chi connectivity index (χ1v) is 7.80. The van der Waals surface area contributed by atoms with Gasteiger partial charge < -0.3 is 16.4 Å². The summed E-state index contributed by atoms with van der Waals surface area (Å²) in [5.41, 5.74) is 8.81. The molecule has 3 rings (SSSR count). The highest BCUT2D eigenvalue weighted by molar-refractivity contribution is 6.04. The Hall–Kier alpha value is -3.75. The zero-order valence-electron chi connectivity index (χ0n) is 14.0. The Balaban J connectivity index is 1.68. The van der Waals surface area contributed by atoms with E-state index in [1.807, 2.05) is 19.1 Å². The molecular formula is C17H17N7O2. The van der Waals surface area contributed by atoms with Crippen LogP contribution < -0.4 is 16.4 Å². The molecule has 0 atom stereocenters. The lowest BCUT2D eigenvalue weighted by Gasteiger charge is -2.10. The number of urea groups is 1. The van der Waals surface area contributed by atoms with Gasteiger partial charge in [0.2, 0.25) is 0 Å². The number of rotatable bonds is 5. The molecule has 132 valence electrons. The van der Waals surface area contributed by atoms with E-state index in [1.165, 1.54) is 6.33 Å². The van der Waals surface area contributed by atoms with Gasteiger partial charge in [-0.25, -0.2) is 9.48 Å². The normalized spacial score (nSPS) is 10.3. The van der Waals surface area contributed by atoms with Gasteiger partial charge in [0.1, 0.15) is 6.33 Å². The maximum Gasteiger partial charge on any atom is 0.312 e. The molecule has 0 spiro atoms. The van der Waals surface area contributed by atoms with Gasteiger partial charge in [-0.1, -0.05) is 12.1 Å². The van der Waals surface area contributed by atoms with E-state index in [0.29, 0.717) is 17.8 Å². The number of carbonyl (C=O) groups is 2. The smallest absolute Gasteiger partial charge is 0.312 e. The average molecular weight is 351 g/mol. The molecule has 0 aliphatic carbocycles. The van der Waals surface area contributed by atoms with E-state index in [1.54, 1.807) is 35.0 Å². The topological polar surface area (TPSA) is 128 Å². The molecule has 9 heteroatoms. The van der Waals surface area contributed by atoms with Crippen LogP contribution in [0.5, 0.6) is 0 Å². The number of aromatic nitrogens is 4. The number of benzene rings is 2. The second-order valence-corrected chi connectivity index (χ2v) is 5.62. The first kappa shape index (κ1) is 17.1. The van der Waals surface area contributed by atoms with Gasteiger partial charge in [-0.2, -0.15) is 0 Å². The summed E-state index contributed by atoms with van der Waals surface area (Å²) in [6.07, 6.45) is 1.51. The number of carbonyl (C=O) groups excluding carboxylic acids is 2. The number of nitrogens with zero attached hydrogens (tertiary/aromatic N) is 4. The third-order valence-corrected chi connectivity index (χ3v) is 3.73. The second kappa shape index (κ2) is 7.43. The van der Waals surface area contributed by atoms with E-state index in [2.05, 4.69) is 26.2 Å². The van der Waals surface area contributed by atoms with Crippen LogP contribution in [0.4, 0.5) is 10.5 Å². The summed E-state index contributed by atoms with van der Waals surface area (Å²) in [4.78, 5) is 23.1. The van der Waals surface area contributed by atoms with Crippen molar-refractivity contribution in [3.05, 3.63) is 65.5 Å². The van der Waals surface area contributed by atoms with E-state index in [-0.39, 0.29) is 5.91 Å². The Morgan fingerprint density at radius 3 is 2.54 bits per heavy atom. The number of tetrazole rings is 1. The lowest BCUT2D eigenvalue weighted by atomic mass is 10.1. The number of hydrogen-bond acceptors (Lipinski definition) is 5. The first-order valence-electron chi connectivity index (χ1n) is 7.80. The molecule has 1 aromatic heterocycles. The van der Waals surface area contributed by atoms with E-state index in [0.717, 1.165) is 16.8 Å². The fraction of sp³-hybridized carbons (Fsp3) is 0.118. The summed E-state index contributed by atoms with van der Waals surface area (Å²) in [7, 11) is 0. The molecule has 3 amide bonds. The van der Waals surface area contributed by atoms with Gasteiger partial charge in [-0.3, -0.25) is 4.79 Å². The van der Waals surface area contributed by atoms with Gasteiger partial charge in [0.05, 0.1) is 5.69 Å². The summed E-state index contributed by atoms with van der Waals surface area (Å²) in [5, 5.41) is 16.4. The number of nitrogens with one attached hydrogen (secondary N) is 2. The standard InChI is InChI=1S/C17H17N7O2/c1-11-8-14(6-7-15(11)24-10-20-22-23-24)21-16(25)13-4-2-12(3-5-13)9-19-17(18)26/h2-8,10H,9H2,1H3,(H,21,25)(H3,18,19,26). The van der Waals surface area contributed by atoms with Crippen LogP contribution in [-0.4, -0.2) is 32.1 Å². The molecule has 0 bridgehead atoms. The molecule has 4 N–H and O–H groups in total. The number of anilines is 1. The largest absolute Gasteiger partial charge is 0.352 e. The van der Waals surface area contributed by atoms with E-state index in [9.17, 15) is 9.59 Å². The predicted octanol–water partition coefficient (Wildman–Crippen LogP) is 1.39. The molecule has 1 heterocycles. The highest BCUT2D eigenvalue weighted by atomic mass is 16.2. The number of aryl methyl sites for hydroxylation is 1. The first-order chi connectivity index (χ1) is 12.5. The Kier molecular flexibility index (Phi) is 4.88. The third-order valence-electron chi connectivity index (χ3n) is 3.73. The van der Waals surface area contributed by atoms with Crippen LogP contribution in [0.2, 0.25) is 0 Å². The molecule has 0 aliphatic heterocycles. The van der Waals surface area contributed by atoms with Crippen molar-refractivity contribution in [1.29, 1.82) is 0 Å². The quantitative estimate of drug-likeness (QED) is 0.640. The monoisotopic (exact) mass is 351 g/mol. The fourth-order valence-corrected chi connectivity index (χ4v) is 2.43. The molecule has 9 nitrogen and oxygen atoms in total. The number of amides is 3. The molecule has 0 unspecified atom stereocenters. The van der Waals surface area contributed by atoms with Gasteiger partial charge in [0, 0.05) is 17.8 Å². The number of hydrogen-bond donors (Lipinski definition) is 3. The minimum Gasteiger partial charge on any atom is -0.352 e. The van der Waals surface area contributed by atoms with Crippen molar-refractivity contribution in [3.63, 3.8) is 0 Å². The van der Waals surface area contributed by atoms with Gasteiger partial charge in [0.25, 0.3) is 5.91 Å². The minimum atomic E-state index is -0.590. The maximum absolute atomic E-state index is 12.4. The van der Waals surface area contributed by atoms with Crippen molar-refractivity contribution in [3.8, 4) is 5.69 Å². The zero-order valence-corrected chi connectivity index (χ0v) is 14.0. The van der Waals surface area contributed by atoms with Gasteiger partial charge >= 0.3 is 6.03 Å². The van der Waals surface area contributed by atoms with Crippen molar-refractivity contribution in [2.45, 2.75) is 13.5 Å². The Labute approximate surface area is 149 Å². The van der Waals surface area contributed by atoms with E-state index < -0.39 is 6.03 Å². The Morgan fingerprint density at radius 1 is 1.15 bits per heavy atom. The van der Waals surface area contributed by atoms with Crippen LogP contribution in [0.1, 0.15) is 21.5 Å². The molecule has 0 aliphatic rings. The molecule has 2 aromatic carbocycles. The molecule has 0 fully saturated rings. The lowest BCUT2D eigenvalue weighted by molar-refractivity contribution is 0.102. The second-order valence-electron chi connectivity index (χ2n) is 5.62. The van der Waals surface area contributed by atoms with Crippen LogP contribution in [0.15, 0.2) is 48.8 Å². The van der Waals surface area contributed by atoms with Crippen LogP contribution >= 0.6 is 0 Å². The summed E-state index contributed by atoms with van der Waals surface area (Å²) < 4.78 is 1.56. The van der Waals surface area contributed by atoms with Crippen molar-refractivity contribution in [2.75, 3.05) is 5.32 Å².